The Kier molecular flexibility index (Phi) is 6.11. The van der Waals surface area contributed by atoms with Gasteiger partial charge in [0.15, 0.2) is 0 Å². The standard InChI is InChI=1S/C20H23N3O4S/c1-14(24)22-16-9-11-17(12-10-16)28(26,27)21-13-20(25)23-19-8-4-6-15-5-2-3-7-18(15)19/h2-3,5,7,9-12,19,21H,4,6,8,13H2,1H3,(H,22,24)(H,23,25). The molecule has 1 unspecified atom stereocenters. The number of carbonyl (C=O) groups is 2. The van der Waals surface area contributed by atoms with E-state index in [1.807, 2.05) is 18.2 Å². The van der Waals surface area contributed by atoms with Crippen LogP contribution in [0.5, 0.6) is 0 Å². The normalized spacial score (nSPS) is 16.1. The van der Waals surface area contributed by atoms with Gasteiger partial charge in [0.2, 0.25) is 21.8 Å². The second-order valence-electron chi connectivity index (χ2n) is 6.74. The number of benzene rings is 2. The van der Waals surface area contributed by atoms with Crippen molar-refractivity contribution < 1.29 is 18.0 Å². The Balaban J connectivity index is 1.59. The molecule has 7 nitrogen and oxygen atoms in total. The summed E-state index contributed by atoms with van der Waals surface area (Å²) in [5.74, 6) is -0.616. The molecule has 0 bridgehead atoms. The number of carbonyl (C=O) groups excluding carboxylic acids is 2. The van der Waals surface area contributed by atoms with Crippen LogP contribution in [0.15, 0.2) is 53.4 Å². The number of hydrogen-bond acceptors (Lipinski definition) is 4. The van der Waals surface area contributed by atoms with Crippen molar-refractivity contribution in [3.05, 3.63) is 59.7 Å². The molecule has 3 N–H and O–H groups in total. The highest BCUT2D eigenvalue weighted by molar-refractivity contribution is 7.89. The molecule has 8 heteroatoms. The van der Waals surface area contributed by atoms with Gasteiger partial charge in [-0.05, 0) is 54.7 Å². The topological polar surface area (TPSA) is 104 Å². The highest BCUT2D eigenvalue weighted by atomic mass is 32.2. The SMILES string of the molecule is CC(=O)Nc1ccc(S(=O)(=O)NCC(=O)NC2CCCc3ccccc32)cc1. The molecule has 0 saturated carbocycles. The Morgan fingerprint density at radius 2 is 1.79 bits per heavy atom. The van der Waals surface area contributed by atoms with E-state index in [1.165, 1.54) is 36.8 Å². The van der Waals surface area contributed by atoms with Crippen LogP contribution in [0.25, 0.3) is 0 Å². The lowest BCUT2D eigenvalue weighted by Gasteiger charge is -2.26. The molecule has 0 saturated heterocycles. The molecule has 148 valence electrons. The van der Waals surface area contributed by atoms with Gasteiger partial charge in [-0.15, -0.1) is 0 Å². The molecule has 0 spiro atoms. The molecule has 2 aromatic carbocycles. The van der Waals surface area contributed by atoms with Gasteiger partial charge in [0, 0.05) is 12.6 Å². The minimum absolute atomic E-state index is 0.0254. The van der Waals surface area contributed by atoms with E-state index in [0.717, 1.165) is 24.8 Å². The van der Waals surface area contributed by atoms with Gasteiger partial charge in [-0.2, -0.15) is 0 Å². The largest absolute Gasteiger partial charge is 0.348 e. The van der Waals surface area contributed by atoms with Gasteiger partial charge >= 0.3 is 0 Å². The van der Waals surface area contributed by atoms with Crippen molar-refractivity contribution in [3.63, 3.8) is 0 Å². The van der Waals surface area contributed by atoms with E-state index in [2.05, 4.69) is 21.4 Å². The van der Waals surface area contributed by atoms with Crippen molar-refractivity contribution in [2.45, 2.75) is 37.1 Å². The van der Waals surface area contributed by atoms with Crippen LogP contribution in [0.2, 0.25) is 0 Å². The first kappa shape index (κ1) is 20.0. The lowest BCUT2D eigenvalue weighted by atomic mass is 9.88. The smallest absolute Gasteiger partial charge is 0.241 e. The number of hydrogen-bond donors (Lipinski definition) is 3. The van der Waals surface area contributed by atoms with Gasteiger partial charge in [-0.3, -0.25) is 9.59 Å². The quantitative estimate of drug-likeness (QED) is 0.690. The molecular weight excluding hydrogens is 378 g/mol. The molecule has 0 aliphatic heterocycles. The highest BCUT2D eigenvalue weighted by Gasteiger charge is 2.22. The third kappa shape index (κ3) is 4.96. The minimum Gasteiger partial charge on any atom is -0.348 e. The van der Waals surface area contributed by atoms with Gasteiger partial charge in [0.25, 0.3) is 0 Å². The Labute approximate surface area is 164 Å². The summed E-state index contributed by atoms with van der Waals surface area (Å²) in [6.07, 6.45) is 2.80. The Morgan fingerprint density at radius 1 is 1.07 bits per heavy atom. The second-order valence-corrected chi connectivity index (χ2v) is 8.51. The molecule has 0 heterocycles. The van der Waals surface area contributed by atoms with Crippen molar-refractivity contribution in [3.8, 4) is 0 Å². The van der Waals surface area contributed by atoms with E-state index < -0.39 is 10.0 Å². The molecule has 1 aliphatic carbocycles. The zero-order valence-corrected chi connectivity index (χ0v) is 16.4. The van der Waals surface area contributed by atoms with Gasteiger partial charge in [0.05, 0.1) is 17.5 Å². The van der Waals surface area contributed by atoms with Crippen LogP contribution in [-0.4, -0.2) is 26.8 Å². The van der Waals surface area contributed by atoms with Crippen LogP contribution in [0.3, 0.4) is 0 Å². The van der Waals surface area contributed by atoms with Gasteiger partial charge in [-0.25, -0.2) is 13.1 Å². The molecule has 3 rings (SSSR count). The maximum absolute atomic E-state index is 12.4. The zero-order chi connectivity index (χ0) is 20.1. The first-order chi connectivity index (χ1) is 13.3. The third-order valence-electron chi connectivity index (χ3n) is 4.61. The van der Waals surface area contributed by atoms with Crippen molar-refractivity contribution in [2.75, 3.05) is 11.9 Å². The van der Waals surface area contributed by atoms with Crippen molar-refractivity contribution >= 4 is 27.5 Å². The number of rotatable bonds is 6. The number of nitrogens with one attached hydrogen (secondary N) is 3. The van der Waals surface area contributed by atoms with E-state index in [9.17, 15) is 18.0 Å². The van der Waals surface area contributed by atoms with Gasteiger partial charge in [-0.1, -0.05) is 24.3 Å². The lowest BCUT2D eigenvalue weighted by Crippen LogP contribution is -2.39. The average Bonchev–Trinajstić information content (AvgIpc) is 2.67. The van der Waals surface area contributed by atoms with Crippen LogP contribution < -0.4 is 15.4 Å². The molecule has 1 aliphatic rings. The lowest BCUT2D eigenvalue weighted by molar-refractivity contribution is -0.120. The molecule has 28 heavy (non-hydrogen) atoms. The number of anilines is 1. The molecule has 0 fully saturated rings. The Morgan fingerprint density at radius 3 is 2.50 bits per heavy atom. The Hall–Kier alpha value is -2.71. The first-order valence-electron chi connectivity index (χ1n) is 9.09. The number of aryl methyl sites for hydroxylation is 1. The molecule has 0 radical (unpaired) electrons. The predicted octanol–water partition coefficient (Wildman–Crippen LogP) is 2.12. The summed E-state index contributed by atoms with van der Waals surface area (Å²) in [4.78, 5) is 23.3. The Bertz CT molecular complexity index is 971. The van der Waals surface area contributed by atoms with Crippen LogP contribution in [0.1, 0.15) is 36.9 Å². The molecule has 2 aromatic rings. The van der Waals surface area contributed by atoms with E-state index >= 15 is 0 Å². The maximum atomic E-state index is 12.4. The zero-order valence-electron chi connectivity index (χ0n) is 15.6. The summed E-state index contributed by atoms with van der Waals surface area (Å²) in [5, 5.41) is 5.49. The number of fused-ring (bicyclic) bond motifs is 1. The molecular formula is C20H23N3O4S. The summed E-state index contributed by atoms with van der Waals surface area (Å²) in [5.41, 5.74) is 2.82. The van der Waals surface area contributed by atoms with E-state index in [-0.39, 0.29) is 29.3 Å². The van der Waals surface area contributed by atoms with E-state index in [0.29, 0.717) is 5.69 Å². The number of amides is 2. The van der Waals surface area contributed by atoms with Crippen molar-refractivity contribution in [1.82, 2.24) is 10.0 Å². The van der Waals surface area contributed by atoms with Crippen molar-refractivity contribution in [1.29, 1.82) is 0 Å². The monoisotopic (exact) mass is 401 g/mol. The van der Waals surface area contributed by atoms with E-state index in [1.54, 1.807) is 0 Å². The summed E-state index contributed by atoms with van der Waals surface area (Å²) >= 11 is 0. The fraction of sp³-hybridized carbons (Fsp3) is 0.300. The fourth-order valence-corrected chi connectivity index (χ4v) is 4.30. The van der Waals surface area contributed by atoms with Crippen LogP contribution in [0.4, 0.5) is 5.69 Å². The van der Waals surface area contributed by atoms with Gasteiger partial charge < -0.3 is 10.6 Å². The van der Waals surface area contributed by atoms with Crippen LogP contribution in [-0.2, 0) is 26.0 Å². The second kappa shape index (κ2) is 8.53. The average molecular weight is 401 g/mol. The minimum atomic E-state index is -3.83. The summed E-state index contributed by atoms with van der Waals surface area (Å²) in [6.45, 7) is 1.03. The van der Waals surface area contributed by atoms with Crippen molar-refractivity contribution in [2.24, 2.45) is 0 Å². The molecule has 0 aromatic heterocycles. The predicted molar refractivity (Wildman–Crippen MR) is 106 cm³/mol. The van der Waals surface area contributed by atoms with Crippen LogP contribution in [0, 0.1) is 0 Å². The fourth-order valence-electron chi connectivity index (χ4n) is 3.31. The summed E-state index contributed by atoms with van der Waals surface area (Å²) in [7, 11) is -3.83. The summed E-state index contributed by atoms with van der Waals surface area (Å²) < 4.78 is 27.1. The molecule has 1 atom stereocenters. The number of sulfonamides is 1. The summed E-state index contributed by atoms with van der Waals surface area (Å²) in [6, 6.07) is 13.6. The maximum Gasteiger partial charge on any atom is 0.241 e. The highest BCUT2D eigenvalue weighted by Crippen LogP contribution is 2.29. The van der Waals surface area contributed by atoms with E-state index in [4.69, 9.17) is 0 Å². The molecule has 2 amide bonds. The van der Waals surface area contributed by atoms with Gasteiger partial charge in [0.1, 0.15) is 0 Å². The first-order valence-corrected chi connectivity index (χ1v) is 10.6. The van der Waals surface area contributed by atoms with Crippen LogP contribution >= 0.6 is 0 Å². The third-order valence-corrected chi connectivity index (χ3v) is 6.03.